The van der Waals surface area contributed by atoms with Gasteiger partial charge in [0, 0.05) is 20.1 Å². The molecular weight excluding hydrogens is 242 g/mol. The Morgan fingerprint density at radius 3 is 3.00 bits per heavy atom. The van der Waals surface area contributed by atoms with Gasteiger partial charge in [-0.3, -0.25) is 4.79 Å². The van der Waals surface area contributed by atoms with Crippen molar-refractivity contribution in [3.63, 3.8) is 0 Å². The summed E-state index contributed by atoms with van der Waals surface area (Å²) in [6, 6.07) is 0. The Bertz CT molecular complexity index is 710. The zero-order valence-electron chi connectivity index (χ0n) is 11.2. The van der Waals surface area contributed by atoms with Crippen LogP contribution in [0.2, 0.25) is 0 Å². The predicted octanol–water partition coefficient (Wildman–Crippen LogP) is 0.527. The maximum absolute atomic E-state index is 12.2. The standard InChI is InChI=1S/C13H17N5O/c1-3-18-11-10(8-15-17(2)13(11)19)16-12(18)9-4-6-14-7-5-9/h4,8,14H,3,5-7H2,1-2H3. The van der Waals surface area contributed by atoms with E-state index in [0.29, 0.717) is 11.0 Å². The summed E-state index contributed by atoms with van der Waals surface area (Å²) in [6.45, 7) is 4.58. The van der Waals surface area contributed by atoms with E-state index in [1.807, 2.05) is 11.5 Å². The van der Waals surface area contributed by atoms with Gasteiger partial charge in [0.05, 0.1) is 6.20 Å². The lowest BCUT2D eigenvalue weighted by atomic mass is 10.1. The van der Waals surface area contributed by atoms with Gasteiger partial charge in [-0.2, -0.15) is 5.10 Å². The molecule has 1 aliphatic rings. The van der Waals surface area contributed by atoms with Crippen molar-refractivity contribution in [2.45, 2.75) is 19.9 Å². The van der Waals surface area contributed by atoms with Crippen LogP contribution in [0, 0.1) is 0 Å². The molecule has 0 fully saturated rings. The summed E-state index contributed by atoms with van der Waals surface area (Å²) in [5, 5.41) is 7.32. The molecule has 0 saturated heterocycles. The lowest BCUT2D eigenvalue weighted by Crippen LogP contribution is -2.23. The van der Waals surface area contributed by atoms with Crippen molar-refractivity contribution in [2.24, 2.45) is 7.05 Å². The van der Waals surface area contributed by atoms with Crippen LogP contribution < -0.4 is 10.9 Å². The second kappa shape index (κ2) is 4.62. The number of hydrogen-bond donors (Lipinski definition) is 1. The van der Waals surface area contributed by atoms with Gasteiger partial charge in [-0.15, -0.1) is 0 Å². The molecule has 0 aromatic carbocycles. The van der Waals surface area contributed by atoms with E-state index < -0.39 is 0 Å². The highest BCUT2D eigenvalue weighted by molar-refractivity contribution is 5.78. The fourth-order valence-corrected chi connectivity index (χ4v) is 2.51. The Morgan fingerprint density at radius 1 is 1.47 bits per heavy atom. The van der Waals surface area contributed by atoms with E-state index in [4.69, 9.17) is 0 Å². The number of aromatic nitrogens is 4. The minimum atomic E-state index is -0.0902. The van der Waals surface area contributed by atoms with Crippen LogP contribution in [0.3, 0.4) is 0 Å². The largest absolute Gasteiger partial charge is 0.320 e. The molecule has 0 radical (unpaired) electrons. The Hall–Kier alpha value is -1.95. The minimum Gasteiger partial charge on any atom is -0.320 e. The van der Waals surface area contributed by atoms with Crippen LogP contribution in [0.5, 0.6) is 0 Å². The molecule has 2 aromatic rings. The van der Waals surface area contributed by atoms with E-state index in [0.717, 1.165) is 31.9 Å². The fourth-order valence-electron chi connectivity index (χ4n) is 2.51. The van der Waals surface area contributed by atoms with E-state index >= 15 is 0 Å². The van der Waals surface area contributed by atoms with E-state index in [2.05, 4.69) is 21.5 Å². The molecule has 6 heteroatoms. The van der Waals surface area contributed by atoms with Gasteiger partial charge in [-0.1, -0.05) is 6.08 Å². The average molecular weight is 259 g/mol. The third kappa shape index (κ3) is 1.88. The summed E-state index contributed by atoms with van der Waals surface area (Å²) < 4.78 is 3.35. The predicted molar refractivity (Wildman–Crippen MR) is 73.9 cm³/mol. The molecule has 3 heterocycles. The summed E-state index contributed by atoms with van der Waals surface area (Å²) in [4.78, 5) is 16.8. The molecule has 0 spiro atoms. The molecular formula is C13H17N5O. The average Bonchev–Trinajstić information content (AvgIpc) is 2.83. The van der Waals surface area contributed by atoms with Gasteiger partial charge in [0.15, 0.2) is 0 Å². The van der Waals surface area contributed by atoms with Gasteiger partial charge >= 0.3 is 0 Å². The Balaban J connectivity index is 2.29. The van der Waals surface area contributed by atoms with Crippen LogP contribution >= 0.6 is 0 Å². The molecule has 19 heavy (non-hydrogen) atoms. The molecule has 3 rings (SSSR count). The number of nitrogens with one attached hydrogen (secondary N) is 1. The van der Waals surface area contributed by atoms with Gasteiger partial charge in [-0.05, 0) is 25.5 Å². The number of rotatable bonds is 2. The van der Waals surface area contributed by atoms with E-state index in [1.54, 1.807) is 13.2 Å². The molecule has 0 saturated carbocycles. The Labute approximate surface area is 110 Å². The molecule has 2 aromatic heterocycles. The molecule has 6 nitrogen and oxygen atoms in total. The highest BCUT2D eigenvalue weighted by Crippen LogP contribution is 2.22. The Morgan fingerprint density at radius 2 is 2.32 bits per heavy atom. The lowest BCUT2D eigenvalue weighted by molar-refractivity contribution is 0.696. The first-order valence-electron chi connectivity index (χ1n) is 6.55. The number of nitrogens with zero attached hydrogens (tertiary/aromatic N) is 4. The summed E-state index contributed by atoms with van der Waals surface area (Å²) >= 11 is 0. The van der Waals surface area contributed by atoms with Crippen molar-refractivity contribution in [3.8, 4) is 0 Å². The number of aryl methyl sites for hydroxylation is 2. The topological polar surface area (TPSA) is 64.7 Å². The summed E-state index contributed by atoms with van der Waals surface area (Å²) in [6.07, 6.45) is 4.75. The molecule has 0 bridgehead atoms. The number of imidazole rings is 1. The molecule has 0 amide bonds. The second-order valence-electron chi connectivity index (χ2n) is 4.67. The lowest BCUT2D eigenvalue weighted by Gasteiger charge is -2.14. The van der Waals surface area contributed by atoms with Crippen molar-refractivity contribution >= 4 is 16.6 Å². The molecule has 0 unspecified atom stereocenters. The van der Waals surface area contributed by atoms with Crippen LogP contribution in [0.25, 0.3) is 16.6 Å². The van der Waals surface area contributed by atoms with Gasteiger partial charge in [0.2, 0.25) is 0 Å². The normalized spacial score (nSPS) is 15.8. The number of fused-ring (bicyclic) bond motifs is 1. The third-order valence-electron chi connectivity index (χ3n) is 3.51. The maximum atomic E-state index is 12.2. The van der Waals surface area contributed by atoms with Crippen LogP contribution in [0.1, 0.15) is 19.2 Å². The van der Waals surface area contributed by atoms with Crippen LogP contribution in [0.15, 0.2) is 17.1 Å². The highest BCUT2D eigenvalue weighted by Gasteiger charge is 2.17. The van der Waals surface area contributed by atoms with Crippen LogP contribution in [-0.4, -0.2) is 32.4 Å². The molecule has 1 aliphatic heterocycles. The van der Waals surface area contributed by atoms with Gasteiger partial charge in [0.1, 0.15) is 16.9 Å². The zero-order chi connectivity index (χ0) is 13.4. The van der Waals surface area contributed by atoms with Crippen molar-refractivity contribution in [1.82, 2.24) is 24.6 Å². The summed E-state index contributed by atoms with van der Waals surface area (Å²) in [5.74, 6) is 0.907. The molecule has 1 N–H and O–H groups in total. The van der Waals surface area contributed by atoms with Crippen molar-refractivity contribution in [3.05, 3.63) is 28.5 Å². The van der Waals surface area contributed by atoms with Crippen molar-refractivity contribution in [1.29, 1.82) is 0 Å². The first kappa shape index (κ1) is 12.1. The summed E-state index contributed by atoms with van der Waals surface area (Å²) in [7, 11) is 1.66. The fraction of sp³-hybridized carbons (Fsp3) is 0.462. The van der Waals surface area contributed by atoms with E-state index in [-0.39, 0.29) is 5.56 Å². The molecule has 100 valence electrons. The summed E-state index contributed by atoms with van der Waals surface area (Å²) in [5.41, 5.74) is 2.44. The molecule has 0 aliphatic carbocycles. The van der Waals surface area contributed by atoms with E-state index in [1.165, 1.54) is 10.3 Å². The second-order valence-corrected chi connectivity index (χ2v) is 4.67. The Kier molecular flexibility index (Phi) is 2.94. The van der Waals surface area contributed by atoms with Gasteiger partial charge in [-0.25, -0.2) is 9.67 Å². The zero-order valence-corrected chi connectivity index (χ0v) is 11.2. The first-order valence-corrected chi connectivity index (χ1v) is 6.55. The maximum Gasteiger partial charge on any atom is 0.292 e. The quantitative estimate of drug-likeness (QED) is 0.854. The first-order chi connectivity index (χ1) is 9.22. The monoisotopic (exact) mass is 259 g/mol. The highest BCUT2D eigenvalue weighted by atomic mass is 16.1. The van der Waals surface area contributed by atoms with Crippen molar-refractivity contribution < 1.29 is 0 Å². The van der Waals surface area contributed by atoms with E-state index in [9.17, 15) is 4.79 Å². The molecule has 0 atom stereocenters. The van der Waals surface area contributed by atoms with Crippen LogP contribution in [0.4, 0.5) is 0 Å². The van der Waals surface area contributed by atoms with Gasteiger partial charge < -0.3 is 9.88 Å². The number of hydrogen-bond acceptors (Lipinski definition) is 4. The smallest absolute Gasteiger partial charge is 0.292 e. The van der Waals surface area contributed by atoms with Gasteiger partial charge in [0.25, 0.3) is 5.56 Å². The third-order valence-corrected chi connectivity index (χ3v) is 3.51. The van der Waals surface area contributed by atoms with Crippen LogP contribution in [-0.2, 0) is 13.6 Å². The SMILES string of the molecule is CCn1c(C2=CCNCC2)nc2cnn(C)c(=O)c21. The minimum absolute atomic E-state index is 0.0902. The van der Waals surface area contributed by atoms with Crippen molar-refractivity contribution in [2.75, 3.05) is 13.1 Å².